The molecule has 1 aromatic carbocycles. The van der Waals surface area contributed by atoms with E-state index in [-0.39, 0.29) is 21.7 Å². The summed E-state index contributed by atoms with van der Waals surface area (Å²) in [5.41, 5.74) is 2.06. The minimum atomic E-state index is -3.85. The number of benzene rings is 1. The fourth-order valence-corrected chi connectivity index (χ4v) is 5.72. The number of rotatable bonds is 6. The van der Waals surface area contributed by atoms with Crippen LogP contribution in [-0.2, 0) is 21.0 Å². The standard InChI is InChI=1S/C20H21N5O3S2/c1-2-13-5-7-15(8-6-13)30(26,27)20-19-22-18(21-12-14-4-3-10-28-14)17-16(9-11-29-17)25(19)24-23-20/h5-9,11,14H,2-4,10,12H2,1H3,(H,21,22)/t14-/m0/s1. The van der Waals surface area contributed by atoms with Gasteiger partial charge in [0.05, 0.1) is 21.2 Å². The number of aryl methyl sites for hydroxylation is 1. The number of fused-ring (bicyclic) bond motifs is 3. The van der Waals surface area contributed by atoms with Gasteiger partial charge in [-0.25, -0.2) is 13.4 Å². The molecule has 0 spiro atoms. The van der Waals surface area contributed by atoms with Gasteiger partial charge in [0.25, 0.3) is 0 Å². The van der Waals surface area contributed by atoms with E-state index >= 15 is 0 Å². The summed E-state index contributed by atoms with van der Waals surface area (Å²) in [4.78, 5) is 4.81. The highest BCUT2D eigenvalue weighted by Crippen LogP contribution is 2.31. The third-order valence-corrected chi connectivity index (χ3v) is 7.92. The Labute approximate surface area is 177 Å². The average Bonchev–Trinajstić information content (AvgIpc) is 3.52. The van der Waals surface area contributed by atoms with Crippen LogP contribution in [0.25, 0.3) is 15.9 Å². The van der Waals surface area contributed by atoms with Gasteiger partial charge >= 0.3 is 0 Å². The van der Waals surface area contributed by atoms with Gasteiger partial charge in [-0.2, -0.15) is 4.52 Å². The van der Waals surface area contributed by atoms with Crippen LogP contribution in [0.3, 0.4) is 0 Å². The van der Waals surface area contributed by atoms with Crippen LogP contribution in [0.15, 0.2) is 45.6 Å². The molecule has 1 N–H and O–H groups in total. The molecule has 0 aliphatic carbocycles. The third-order valence-electron chi connectivity index (χ3n) is 5.34. The van der Waals surface area contributed by atoms with Gasteiger partial charge in [-0.05, 0) is 48.4 Å². The SMILES string of the molecule is CCc1ccc(S(=O)(=O)c2nnn3c2nc(NC[C@@H]2CCCO2)c2sccc23)cc1. The Morgan fingerprint density at radius 1 is 1.27 bits per heavy atom. The summed E-state index contributed by atoms with van der Waals surface area (Å²) in [6.07, 6.45) is 3.04. The van der Waals surface area contributed by atoms with Gasteiger partial charge in [-0.1, -0.05) is 24.3 Å². The largest absolute Gasteiger partial charge is 0.376 e. The maximum atomic E-state index is 13.3. The smallest absolute Gasteiger partial charge is 0.229 e. The molecule has 1 atom stereocenters. The first-order valence-corrected chi connectivity index (χ1v) is 12.3. The number of ether oxygens (including phenoxy) is 1. The highest BCUT2D eigenvalue weighted by molar-refractivity contribution is 7.91. The third kappa shape index (κ3) is 3.24. The van der Waals surface area contributed by atoms with Gasteiger partial charge in [0.2, 0.25) is 14.9 Å². The van der Waals surface area contributed by atoms with Gasteiger partial charge in [0.1, 0.15) is 5.82 Å². The van der Waals surface area contributed by atoms with E-state index in [2.05, 4.69) is 20.6 Å². The van der Waals surface area contributed by atoms with Gasteiger partial charge in [-0.3, -0.25) is 0 Å². The summed E-state index contributed by atoms with van der Waals surface area (Å²) in [5.74, 6) is 0.628. The van der Waals surface area contributed by atoms with Crippen LogP contribution in [0.2, 0.25) is 0 Å². The van der Waals surface area contributed by atoms with E-state index < -0.39 is 9.84 Å². The molecule has 1 aliphatic rings. The van der Waals surface area contributed by atoms with Crippen LogP contribution in [-0.4, -0.2) is 47.5 Å². The summed E-state index contributed by atoms with van der Waals surface area (Å²) < 4.78 is 34.6. The van der Waals surface area contributed by atoms with Gasteiger partial charge in [0.15, 0.2) is 5.65 Å². The zero-order chi connectivity index (χ0) is 20.7. The Bertz CT molecular complexity index is 1310. The molecule has 3 aromatic heterocycles. The van der Waals surface area contributed by atoms with Crippen molar-refractivity contribution in [1.29, 1.82) is 0 Å². The number of sulfone groups is 1. The van der Waals surface area contributed by atoms with Crippen LogP contribution in [0.4, 0.5) is 5.82 Å². The predicted molar refractivity (Wildman–Crippen MR) is 115 cm³/mol. The normalized spacial score (nSPS) is 17.2. The lowest BCUT2D eigenvalue weighted by molar-refractivity contribution is 0.120. The van der Waals surface area contributed by atoms with Crippen molar-refractivity contribution in [3.63, 3.8) is 0 Å². The topological polar surface area (TPSA) is 98.5 Å². The Morgan fingerprint density at radius 2 is 2.10 bits per heavy atom. The van der Waals surface area contributed by atoms with Crippen molar-refractivity contribution in [2.24, 2.45) is 0 Å². The Morgan fingerprint density at radius 3 is 2.83 bits per heavy atom. The van der Waals surface area contributed by atoms with Gasteiger partial charge in [-0.15, -0.1) is 16.4 Å². The fraction of sp³-hybridized carbons (Fsp3) is 0.350. The highest BCUT2D eigenvalue weighted by Gasteiger charge is 2.27. The van der Waals surface area contributed by atoms with Crippen molar-refractivity contribution in [2.45, 2.75) is 42.2 Å². The summed E-state index contributed by atoms with van der Waals surface area (Å²) >= 11 is 1.52. The van der Waals surface area contributed by atoms with E-state index in [4.69, 9.17) is 4.74 Å². The number of nitrogens with zero attached hydrogens (tertiary/aromatic N) is 4. The number of hydrogen-bond donors (Lipinski definition) is 1. The molecular formula is C20H21N5O3S2. The molecule has 0 saturated carbocycles. The second-order valence-electron chi connectivity index (χ2n) is 7.24. The quantitative estimate of drug-likeness (QED) is 0.488. The van der Waals surface area contributed by atoms with Crippen LogP contribution in [0.1, 0.15) is 25.3 Å². The summed E-state index contributed by atoms with van der Waals surface area (Å²) in [6.45, 7) is 3.43. The van der Waals surface area contributed by atoms with E-state index in [0.717, 1.165) is 41.6 Å². The number of nitrogens with one attached hydrogen (secondary N) is 1. The maximum Gasteiger partial charge on any atom is 0.229 e. The molecule has 30 heavy (non-hydrogen) atoms. The Hall–Kier alpha value is -2.56. The first-order valence-electron chi connectivity index (χ1n) is 9.90. The van der Waals surface area contributed by atoms with Crippen molar-refractivity contribution < 1.29 is 13.2 Å². The molecule has 4 heterocycles. The Balaban J connectivity index is 1.59. The minimum Gasteiger partial charge on any atom is -0.376 e. The molecule has 8 nitrogen and oxygen atoms in total. The van der Waals surface area contributed by atoms with E-state index in [9.17, 15) is 8.42 Å². The lowest BCUT2D eigenvalue weighted by atomic mass is 10.2. The molecule has 1 aliphatic heterocycles. The fourth-order valence-electron chi connectivity index (χ4n) is 3.65. The monoisotopic (exact) mass is 443 g/mol. The van der Waals surface area contributed by atoms with E-state index in [1.165, 1.54) is 15.9 Å². The van der Waals surface area contributed by atoms with E-state index in [1.54, 1.807) is 12.1 Å². The highest BCUT2D eigenvalue weighted by atomic mass is 32.2. The van der Waals surface area contributed by atoms with Crippen molar-refractivity contribution in [3.05, 3.63) is 41.3 Å². The second-order valence-corrected chi connectivity index (χ2v) is 10.0. The molecule has 10 heteroatoms. The van der Waals surface area contributed by atoms with Gasteiger partial charge < -0.3 is 10.1 Å². The molecule has 5 rings (SSSR count). The molecule has 0 radical (unpaired) electrons. The number of anilines is 1. The van der Waals surface area contributed by atoms with Crippen molar-refractivity contribution in [1.82, 2.24) is 19.8 Å². The molecular weight excluding hydrogens is 422 g/mol. The Kier molecular flexibility index (Phi) is 4.92. The second kappa shape index (κ2) is 7.60. The predicted octanol–water partition coefficient (Wildman–Crippen LogP) is 3.33. The summed E-state index contributed by atoms with van der Waals surface area (Å²) in [6, 6.07) is 8.75. The molecule has 156 valence electrons. The van der Waals surface area contributed by atoms with E-state index in [0.29, 0.717) is 12.4 Å². The van der Waals surface area contributed by atoms with E-state index in [1.807, 2.05) is 30.5 Å². The lowest BCUT2D eigenvalue weighted by Crippen LogP contribution is -2.19. The van der Waals surface area contributed by atoms with Crippen LogP contribution < -0.4 is 5.32 Å². The average molecular weight is 444 g/mol. The molecule has 4 aromatic rings. The van der Waals surface area contributed by atoms with Crippen LogP contribution in [0.5, 0.6) is 0 Å². The van der Waals surface area contributed by atoms with Crippen molar-refractivity contribution in [2.75, 3.05) is 18.5 Å². The zero-order valence-corrected chi connectivity index (χ0v) is 18.0. The molecule has 0 amide bonds. The summed E-state index contributed by atoms with van der Waals surface area (Å²) in [7, 11) is -3.85. The molecule has 0 bridgehead atoms. The zero-order valence-electron chi connectivity index (χ0n) is 16.4. The number of thiophene rings is 1. The van der Waals surface area contributed by atoms with Crippen molar-refractivity contribution >= 4 is 42.9 Å². The van der Waals surface area contributed by atoms with Crippen molar-refractivity contribution in [3.8, 4) is 0 Å². The van der Waals surface area contributed by atoms with Gasteiger partial charge in [0, 0.05) is 13.2 Å². The molecule has 1 saturated heterocycles. The first kappa shape index (κ1) is 19.4. The van der Waals surface area contributed by atoms with Crippen LogP contribution in [0, 0.1) is 0 Å². The first-order chi connectivity index (χ1) is 14.6. The minimum absolute atomic E-state index is 0.139. The molecule has 1 fully saturated rings. The number of aromatic nitrogens is 4. The lowest BCUT2D eigenvalue weighted by Gasteiger charge is -2.12. The van der Waals surface area contributed by atoms with Crippen LogP contribution >= 0.6 is 11.3 Å². The maximum absolute atomic E-state index is 13.3. The summed E-state index contributed by atoms with van der Waals surface area (Å²) in [5, 5.41) is 13.2. The number of hydrogen-bond acceptors (Lipinski definition) is 8. The molecule has 0 unspecified atom stereocenters.